The lowest BCUT2D eigenvalue weighted by molar-refractivity contribution is 0.887. The number of nitrogens with zero attached hydrogens (tertiary/aromatic N) is 2. The zero-order chi connectivity index (χ0) is 10.7. The van der Waals surface area contributed by atoms with Crippen LogP contribution in [0.15, 0.2) is 6.20 Å². The highest BCUT2D eigenvalue weighted by Gasteiger charge is 2.19. The molecule has 0 spiro atoms. The van der Waals surface area contributed by atoms with Gasteiger partial charge in [-0.05, 0) is 12.5 Å². The third kappa shape index (κ3) is 2.80. The van der Waals surface area contributed by atoms with Crippen molar-refractivity contribution in [1.29, 1.82) is 0 Å². The number of halogens is 1. The average Bonchev–Trinajstić information content (AvgIpc) is 2.31. The Labute approximate surface area is 104 Å². The molecular weight excluding hydrogens is 248 g/mol. The minimum atomic E-state index is 0.450. The first-order chi connectivity index (χ1) is 7.31. The molecule has 0 aliphatic carbocycles. The third-order valence-corrected chi connectivity index (χ3v) is 5.33. The van der Waals surface area contributed by atoms with E-state index >= 15 is 0 Å². The molecule has 0 saturated carbocycles. The SMILES string of the molecule is Cc1cnc(C2CSCCS2)nc1CCl. The molecule has 0 amide bonds. The third-order valence-electron chi connectivity index (χ3n) is 2.33. The predicted octanol–water partition coefficient (Wildman–Crippen LogP) is 3.04. The molecule has 0 radical (unpaired) electrons. The van der Waals surface area contributed by atoms with E-state index in [4.69, 9.17) is 11.6 Å². The Morgan fingerprint density at radius 1 is 1.53 bits per heavy atom. The van der Waals surface area contributed by atoms with E-state index in [1.54, 1.807) is 0 Å². The lowest BCUT2D eigenvalue weighted by atomic mass is 10.2. The first-order valence-electron chi connectivity index (χ1n) is 4.89. The molecule has 1 unspecified atom stereocenters. The molecule has 1 aromatic rings. The van der Waals surface area contributed by atoms with Crippen LogP contribution in [-0.2, 0) is 5.88 Å². The van der Waals surface area contributed by atoms with E-state index in [1.165, 1.54) is 11.5 Å². The molecule has 0 aromatic carbocycles. The van der Waals surface area contributed by atoms with E-state index in [-0.39, 0.29) is 0 Å². The Morgan fingerprint density at radius 3 is 3.07 bits per heavy atom. The normalized spacial score (nSPS) is 21.6. The monoisotopic (exact) mass is 260 g/mol. The summed E-state index contributed by atoms with van der Waals surface area (Å²) in [6.07, 6.45) is 1.89. The summed E-state index contributed by atoms with van der Waals surface area (Å²) < 4.78 is 0. The van der Waals surface area contributed by atoms with E-state index in [0.717, 1.165) is 22.8 Å². The molecule has 2 rings (SSSR count). The highest BCUT2D eigenvalue weighted by molar-refractivity contribution is 8.06. The number of aromatic nitrogens is 2. The minimum Gasteiger partial charge on any atom is -0.240 e. The molecule has 1 aromatic heterocycles. The summed E-state index contributed by atoms with van der Waals surface area (Å²) in [7, 11) is 0. The smallest absolute Gasteiger partial charge is 0.142 e. The molecule has 1 fully saturated rings. The van der Waals surface area contributed by atoms with E-state index < -0.39 is 0 Å². The maximum atomic E-state index is 5.84. The summed E-state index contributed by atoms with van der Waals surface area (Å²) >= 11 is 9.77. The maximum Gasteiger partial charge on any atom is 0.142 e. The number of rotatable bonds is 2. The largest absolute Gasteiger partial charge is 0.240 e. The summed E-state index contributed by atoms with van der Waals surface area (Å²) in [5.74, 6) is 4.99. The summed E-state index contributed by atoms with van der Waals surface area (Å²) in [4.78, 5) is 8.94. The zero-order valence-corrected chi connectivity index (χ0v) is 11.0. The van der Waals surface area contributed by atoms with Gasteiger partial charge in [0.15, 0.2) is 0 Å². The minimum absolute atomic E-state index is 0.450. The highest BCUT2D eigenvalue weighted by Crippen LogP contribution is 2.35. The zero-order valence-electron chi connectivity index (χ0n) is 8.57. The van der Waals surface area contributed by atoms with E-state index in [9.17, 15) is 0 Å². The van der Waals surface area contributed by atoms with Crippen LogP contribution in [0.1, 0.15) is 22.3 Å². The second-order valence-corrected chi connectivity index (χ2v) is 6.15. The van der Waals surface area contributed by atoms with Gasteiger partial charge in [-0.1, -0.05) is 0 Å². The van der Waals surface area contributed by atoms with Gasteiger partial charge in [-0.15, -0.1) is 23.4 Å². The molecule has 2 nitrogen and oxygen atoms in total. The molecule has 15 heavy (non-hydrogen) atoms. The van der Waals surface area contributed by atoms with E-state index in [2.05, 4.69) is 9.97 Å². The van der Waals surface area contributed by atoms with Gasteiger partial charge in [0.1, 0.15) is 5.82 Å². The first kappa shape index (κ1) is 11.6. The molecule has 0 N–H and O–H groups in total. The van der Waals surface area contributed by atoms with Crippen LogP contribution in [0.5, 0.6) is 0 Å². The molecule has 5 heteroatoms. The average molecular weight is 261 g/mol. The Kier molecular flexibility index (Phi) is 4.17. The Bertz CT molecular complexity index is 340. The van der Waals surface area contributed by atoms with Crippen molar-refractivity contribution in [3.63, 3.8) is 0 Å². The van der Waals surface area contributed by atoms with Crippen LogP contribution >= 0.6 is 35.1 Å². The Balaban J connectivity index is 2.20. The van der Waals surface area contributed by atoms with Crippen molar-refractivity contribution in [2.75, 3.05) is 17.3 Å². The van der Waals surface area contributed by atoms with E-state index in [0.29, 0.717) is 11.1 Å². The van der Waals surface area contributed by atoms with Gasteiger partial charge in [-0.2, -0.15) is 11.8 Å². The van der Waals surface area contributed by atoms with E-state index in [1.807, 2.05) is 36.6 Å². The molecule has 2 heterocycles. The fourth-order valence-corrected chi connectivity index (χ4v) is 4.30. The number of hydrogen-bond donors (Lipinski definition) is 0. The van der Waals surface area contributed by atoms with Gasteiger partial charge in [0.2, 0.25) is 0 Å². The van der Waals surface area contributed by atoms with Crippen LogP contribution in [0.3, 0.4) is 0 Å². The van der Waals surface area contributed by atoms with Crippen LogP contribution in [-0.4, -0.2) is 27.2 Å². The highest BCUT2D eigenvalue weighted by atomic mass is 35.5. The van der Waals surface area contributed by atoms with Gasteiger partial charge in [0, 0.05) is 23.5 Å². The molecule has 82 valence electrons. The van der Waals surface area contributed by atoms with Crippen molar-refractivity contribution < 1.29 is 0 Å². The fourth-order valence-electron chi connectivity index (χ4n) is 1.42. The molecule has 1 atom stereocenters. The summed E-state index contributed by atoms with van der Waals surface area (Å²) in [5, 5.41) is 0.450. The van der Waals surface area contributed by atoms with Crippen molar-refractivity contribution in [3.05, 3.63) is 23.3 Å². The maximum absolute atomic E-state index is 5.84. The van der Waals surface area contributed by atoms with Gasteiger partial charge in [-0.25, -0.2) is 9.97 Å². The number of alkyl halides is 1. The van der Waals surface area contributed by atoms with Crippen molar-refractivity contribution in [2.45, 2.75) is 18.1 Å². The molecule has 1 saturated heterocycles. The predicted molar refractivity (Wildman–Crippen MR) is 68.9 cm³/mol. The standard InChI is InChI=1S/C10H13ClN2S2/c1-7-5-12-10(13-8(7)4-11)9-6-14-2-3-15-9/h5,9H,2-4,6H2,1H3. The number of hydrogen-bond acceptors (Lipinski definition) is 4. The van der Waals surface area contributed by atoms with Gasteiger partial charge >= 0.3 is 0 Å². The van der Waals surface area contributed by atoms with Crippen LogP contribution in [0, 0.1) is 6.92 Å². The summed E-state index contributed by atoms with van der Waals surface area (Å²) in [5.41, 5.74) is 2.06. The van der Waals surface area contributed by atoms with Crippen molar-refractivity contribution in [1.82, 2.24) is 9.97 Å². The van der Waals surface area contributed by atoms with Crippen LogP contribution in [0.25, 0.3) is 0 Å². The summed E-state index contributed by atoms with van der Waals surface area (Å²) in [6.45, 7) is 2.00. The fraction of sp³-hybridized carbons (Fsp3) is 0.600. The lowest BCUT2D eigenvalue weighted by Gasteiger charge is -2.20. The van der Waals surface area contributed by atoms with Crippen molar-refractivity contribution >= 4 is 35.1 Å². The molecule has 0 bridgehead atoms. The topological polar surface area (TPSA) is 25.8 Å². The van der Waals surface area contributed by atoms with Crippen LogP contribution < -0.4 is 0 Å². The Hall–Kier alpha value is 0.0700. The lowest BCUT2D eigenvalue weighted by Crippen LogP contribution is -2.11. The van der Waals surface area contributed by atoms with Crippen LogP contribution in [0.4, 0.5) is 0 Å². The van der Waals surface area contributed by atoms with Crippen LogP contribution in [0.2, 0.25) is 0 Å². The van der Waals surface area contributed by atoms with Crippen molar-refractivity contribution in [3.8, 4) is 0 Å². The molecule has 1 aliphatic rings. The summed E-state index contributed by atoms with van der Waals surface area (Å²) in [6, 6.07) is 0. The Morgan fingerprint density at radius 2 is 2.40 bits per heavy atom. The quantitative estimate of drug-likeness (QED) is 0.764. The van der Waals surface area contributed by atoms with Gasteiger partial charge < -0.3 is 0 Å². The second-order valence-electron chi connectivity index (χ2n) is 3.43. The number of aryl methyl sites for hydroxylation is 1. The first-order valence-corrected chi connectivity index (χ1v) is 7.63. The van der Waals surface area contributed by atoms with Gasteiger partial charge in [-0.3, -0.25) is 0 Å². The van der Waals surface area contributed by atoms with Gasteiger partial charge in [0.25, 0.3) is 0 Å². The second kappa shape index (κ2) is 5.41. The molecular formula is C10H13ClN2S2. The van der Waals surface area contributed by atoms with Gasteiger partial charge in [0.05, 0.1) is 16.8 Å². The van der Waals surface area contributed by atoms with Crippen molar-refractivity contribution in [2.24, 2.45) is 0 Å². The number of thioether (sulfide) groups is 2. The molecule has 1 aliphatic heterocycles.